The van der Waals surface area contributed by atoms with Gasteiger partial charge in [-0.15, -0.1) is 5.10 Å². The van der Waals surface area contributed by atoms with E-state index in [1.807, 2.05) is 0 Å². The van der Waals surface area contributed by atoms with Crippen LogP contribution in [0.25, 0.3) is 5.69 Å². The SMILES string of the molecule is COc1ccccc1-n1nnnc1Sc1nccc(C(F)(F)F)n1. The normalized spacial score (nSPS) is 11.5. The van der Waals surface area contributed by atoms with Crippen LogP contribution in [0.3, 0.4) is 0 Å². The van der Waals surface area contributed by atoms with E-state index < -0.39 is 11.9 Å². The lowest BCUT2D eigenvalue weighted by atomic mass is 10.3. The second kappa shape index (κ2) is 6.43. The molecule has 0 saturated carbocycles. The Kier molecular flexibility index (Phi) is 4.34. The van der Waals surface area contributed by atoms with Crippen LogP contribution in [0.15, 0.2) is 46.8 Å². The molecule has 0 unspecified atom stereocenters. The molecule has 3 aromatic rings. The molecule has 0 aliphatic rings. The summed E-state index contributed by atoms with van der Waals surface area (Å²) >= 11 is 0.814. The van der Waals surface area contributed by atoms with Crippen molar-refractivity contribution >= 4 is 11.8 Å². The van der Waals surface area contributed by atoms with Crippen LogP contribution in [0.5, 0.6) is 5.75 Å². The minimum atomic E-state index is -4.55. The van der Waals surface area contributed by atoms with Crippen LogP contribution in [0.1, 0.15) is 5.69 Å². The molecule has 0 saturated heterocycles. The molecule has 0 atom stereocenters. The maximum absolute atomic E-state index is 12.7. The highest BCUT2D eigenvalue weighted by Crippen LogP contribution is 2.31. The van der Waals surface area contributed by atoms with E-state index in [-0.39, 0.29) is 10.3 Å². The number of rotatable bonds is 4. The number of nitrogens with zero attached hydrogens (tertiary/aromatic N) is 6. The van der Waals surface area contributed by atoms with E-state index in [9.17, 15) is 13.2 Å². The van der Waals surface area contributed by atoms with Crippen LogP contribution in [-0.4, -0.2) is 37.3 Å². The summed E-state index contributed by atoms with van der Waals surface area (Å²) in [6.07, 6.45) is -3.51. The molecule has 1 aromatic carbocycles. The fourth-order valence-corrected chi connectivity index (χ4v) is 2.55. The topological polar surface area (TPSA) is 78.6 Å². The Morgan fingerprint density at radius 3 is 2.71 bits per heavy atom. The summed E-state index contributed by atoms with van der Waals surface area (Å²) < 4.78 is 44.8. The Labute approximate surface area is 137 Å². The van der Waals surface area contributed by atoms with Gasteiger partial charge in [-0.25, -0.2) is 9.97 Å². The zero-order valence-corrected chi connectivity index (χ0v) is 12.9. The molecule has 11 heteroatoms. The van der Waals surface area contributed by atoms with Crippen molar-refractivity contribution in [3.05, 3.63) is 42.2 Å². The maximum atomic E-state index is 12.7. The minimum absolute atomic E-state index is 0.115. The molecule has 0 N–H and O–H groups in total. The van der Waals surface area contributed by atoms with Gasteiger partial charge in [0.25, 0.3) is 0 Å². The van der Waals surface area contributed by atoms with Gasteiger partial charge in [-0.1, -0.05) is 12.1 Å². The first-order valence-corrected chi connectivity index (χ1v) is 7.30. The maximum Gasteiger partial charge on any atom is 0.433 e. The molecular weight excluding hydrogens is 345 g/mol. The van der Waals surface area contributed by atoms with Crippen LogP contribution < -0.4 is 4.74 Å². The van der Waals surface area contributed by atoms with Crippen molar-refractivity contribution in [2.24, 2.45) is 0 Å². The number of aromatic nitrogens is 6. The fourth-order valence-electron chi connectivity index (χ4n) is 1.83. The van der Waals surface area contributed by atoms with Crippen LogP contribution >= 0.6 is 11.8 Å². The molecule has 2 heterocycles. The number of tetrazole rings is 1. The monoisotopic (exact) mass is 354 g/mol. The average molecular weight is 354 g/mol. The minimum Gasteiger partial charge on any atom is -0.494 e. The highest BCUT2D eigenvalue weighted by Gasteiger charge is 2.33. The molecule has 0 aliphatic carbocycles. The number of hydrogen-bond donors (Lipinski definition) is 0. The van der Waals surface area contributed by atoms with E-state index in [1.165, 1.54) is 11.8 Å². The van der Waals surface area contributed by atoms with Crippen molar-refractivity contribution in [1.29, 1.82) is 0 Å². The number of benzene rings is 1. The van der Waals surface area contributed by atoms with E-state index >= 15 is 0 Å². The van der Waals surface area contributed by atoms with Gasteiger partial charge in [0.15, 0.2) is 5.16 Å². The van der Waals surface area contributed by atoms with Gasteiger partial charge in [-0.3, -0.25) is 0 Å². The van der Waals surface area contributed by atoms with Gasteiger partial charge in [0, 0.05) is 6.20 Å². The molecule has 0 radical (unpaired) electrons. The van der Waals surface area contributed by atoms with E-state index in [2.05, 4.69) is 25.5 Å². The number of halogens is 3. The van der Waals surface area contributed by atoms with Crippen LogP contribution in [-0.2, 0) is 6.18 Å². The van der Waals surface area contributed by atoms with Crippen molar-refractivity contribution in [3.63, 3.8) is 0 Å². The number of hydrogen-bond acceptors (Lipinski definition) is 7. The molecular formula is C13H9F3N6OS. The Morgan fingerprint density at radius 2 is 1.96 bits per heavy atom. The molecule has 0 bridgehead atoms. The first kappa shape index (κ1) is 16.2. The second-order valence-electron chi connectivity index (χ2n) is 4.37. The van der Waals surface area contributed by atoms with Crippen LogP contribution in [0, 0.1) is 0 Å². The van der Waals surface area contributed by atoms with E-state index in [0.29, 0.717) is 11.4 Å². The molecule has 7 nitrogen and oxygen atoms in total. The third kappa shape index (κ3) is 3.30. The molecule has 3 rings (SSSR count). The third-order valence-electron chi connectivity index (χ3n) is 2.86. The van der Waals surface area contributed by atoms with Gasteiger partial charge in [0.1, 0.15) is 17.1 Å². The van der Waals surface area contributed by atoms with Gasteiger partial charge in [0.2, 0.25) is 5.16 Å². The second-order valence-corrected chi connectivity index (χ2v) is 5.30. The van der Waals surface area contributed by atoms with Crippen molar-refractivity contribution < 1.29 is 17.9 Å². The Morgan fingerprint density at radius 1 is 1.17 bits per heavy atom. The number of ether oxygens (including phenoxy) is 1. The Bertz CT molecular complexity index is 853. The highest BCUT2D eigenvalue weighted by molar-refractivity contribution is 7.99. The molecule has 24 heavy (non-hydrogen) atoms. The van der Waals surface area contributed by atoms with Crippen molar-refractivity contribution in [2.75, 3.05) is 7.11 Å². The lowest BCUT2D eigenvalue weighted by molar-refractivity contribution is -0.141. The zero-order valence-electron chi connectivity index (χ0n) is 12.1. The Balaban J connectivity index is 1.95. The van der Waals surface area contributed by atoms with Crippen molar-refractivity contribution in [1.82, 2.24) is 30.2 Å². The predicted molar refractivity (Wildman–Crippen MR) is 76.9 cm³/mol. The smallest absolute Gasteiger partial charge is 0.433 e. The van der Waals surface area contributed by atoms with Crippen LogP contribution in [0.4, 0.5) is 13.2 Å². The van der Waals surface area contributed by atoms with Gasteiger partial charge in [0.05, 0.1) is 7.11 Å². The van der Waals surface area contributed by atoms with Gasteiger partial charge in [-0.2, -0.15) is 17.9 Å². The van der Waals surface area contributed by atoms with Gasteiger partial charge >= 0.3 is 6.18 Å². The first-order valence-electron chi connectivity index (χ1n) is 6.49. The summed E-state index contributed by atoms with van der Waals surface area (Å²) in [6.45, 7) is 0. The lowest BCUT2D eigenvalue weighted by Gasteiger charge is -2.09. The fraction of sp³-hybridized carbons (Fsp3) is 0.154. The van der Waals surface area contributed by atoms with Gasteiger partial charge < -0.3 is 4.74 Å². The zero-order chi connectivity index (χ0) is 17.2. The number of para-hydroxylation sites is 2. The summed E-state index contributed by atoms with van der Waals surface area (Å²) in [5.41, 5.74) is -0.490. The molecule has 2 aromatic heterocycles. The average Bonchev–Trinajstić information content (AvgIpc) is 3.02. The predicted octanol–water partition coefficient (Wildman–Crippen LogP) is 2.63. The highest BCUT2D eigenvalue weighted by atomic mass is 32.2. The van der Waals surface area contributed by atoms with E-state index in [1.54, 1.807) is 24.3 Å². The first-order chi connectivity index (χ1) is 11.5. The molecule has 0 spiro atoms. The Hall–Kier alpha value is -2.69. The number of alkyl halides is 3. The molecule has 0 amide bonds. The van der Waals surface area contributed by atoms with E-state index in [4.69, 9.17) is 4.74 Å². The van der Waals surface area contributed by atoms with E-state index in [0.717, 1.165) is 24.0 Å². The number of methoxy groups -OCH3 is 1. The molecule has 0 fully saturated rings. The summed E-state index contributed by atoms with van der Waals surface area (Å²) in [5.74, 6) is 0.511. The summed E-state index contributed by atoms with van der Waals surface area (Å²) in [5, 5.41) is 11.3. The van der Waals surface area contributed by atoms with Gasteiger partial charge in [-0.05, 0) is 40.4 Å². The van der Waals surface area contributed by atoms with Crippen molar-refractivity contribution in [2.45, 2.75) is 16.5 Å². The van der Waals surface area contributed by atoms with Crippen LogP contribution in [0.2, 0.25) is 0 Å². The lowest BCUT2D eigenvalue weighted by Crippen LogP contribution is -2.09. The quantitative estimate of drug-likeness (QED) is 0.667. The standard InChI is InChI=1S/C13H9F3N6OS/c1-23-9-5-3-2-4-8(9)22-12(19-20-21-22)24-11-17-7-6-10(18-11)13(14,15)16/h2-7H,1H3. The largest absolute Gasteiger partial charge is 0.494 e. The molecule has 0 aliphatic heterocycles. The van der Waals surface area contributed by atoms with Crippen molar-refractivity contribution in [3.8, 4) is 11.4 Å². The summed E-state index contributed by atoms with van der Waals surface area (Å²) in [6, 6.07) is 7.76. The summed E-state index contributed by atoms with van der Waals surface area (Å²) in [7, 11) is 1.49. The summed E-state index contributed by atoms with van der Waals surface area (Å²) in [4.78, 5) is 7.30. The third-order valence-corrected chi connectivity index (χ3v) is 3.68. The molecule has 124 valence electrons.